The first-order valence-electron chi connectivity index (χ1n) is 4.67. The van der Waals surface area contributed by atoms with Gasteiger partial charge in [0.25, 0.3) is 0 Å². The SMILES string of the molecule is Cc1cc(N2CCNC(C)C2)sn1. The lowest BCUT2D eigenvalue weighted by Crippen LogP contribution is -2.49. The summed E-state index contributed by atoms with van der Waals surface area (Å²) in [5, 5.41) is 4.74. The second kappa shape index (κ2) is 3.64. The molecule has 0 aliphatic carbocycles. The summed E-state index contributed by atoms with van der Waals surface area (Å²) in [4.78, 5) is 2.41. The van der Waals surface area contributed by atoms with Crippen LogP contribution >= 0.6 is 11.5 Å². The molecule has 1 saturated heterocycles. The van der Waals surface area contributed by atoms with Crippen LogP contribution in [0.5, 0.6) is 0 Å². The first-order chi connectivity index (χ1) is 6.25. The van der Waals surface area contributed by atoms with Crippen molar-refractivity contribution in [3.8, 4) is 0 Å². The Hall–Kier alpha value is -0.610. The fourth-order valence-corrected chi connectivity index (χ4v) is 2.43. The van der Waals surface area contributed by atoms with Crippen LogP contribution in [0.2, 0.25) is 0 Å². The van der Waals surface area contributed by atoms with Crippen molar-refractivity contribution in [2.24, 2.45) is 0 Å². The Bertz CT molecular complexity index is 284. The predicted molar refractivity (Wildman–Crippen MR) is 56.5 cm³/mol. The molecular formula is C9H15N3S. The molecule has 1 atom stereocenters. The Morgan fingerprint density at radius 2 is 2.54 bits per heavy atom. The number of nitrogens with one attached hydrogen (secondary N) is 1. The Labute approximate surface area is 82.9 Å². The third-order valence-corrected chi connectivity index (χ3v) is 3.24. The number of piperazine rings is 1. The van der Waals surface area contributed by atoms with E-state index in [4.69, 9.17) is 0 Å². The average molecular weight is 197 g/mol. The molecule has 0 bridgehead atoms. The summed E-state index contributed by atoms with van der Waals surface area (Å²) in [6.45, 7) is 7.55. The molecular weight excluding hydrogens is 182 g/mol. The van der Waals surface area contributed by atoms with Gasteiger partial charge in [0.1, 0.15) is 5.00 Å². The van der Waals surface area contributed by atoms with E-state index >= 15 is 0 Å². The smallest absolute Gasteiger partial charge is 0.112 e. The van der Waals surface area contributed by atoms with Crippen LogP contribution in [0.1, 0.15) is 12.6 Å². The van der Waals surface area contributed by atoms with Crippen molar-refractivity contribution in [3.63, 3.8) is 0 Å². The van der Waals surface area contributed by atoms with E-state index in [2.05, 4.69) is 27.6 Å². The summed E-state index contributed by atoms with van der Waals surface area (Å²) >= 11 is 1.61. The van der Waals surface area contributed by atoms with Crippen molar-refractivity contribution >= 4 is 16.5 Å². The summed E-state index contributed by atoms with van der Waals surface area (Å²) < 4.78 is 4.30. The molecule has 1 aromatic rings. The van der Waals surface area contributed by atoms with Crippen molar-refractivity contribution in [1.29, 1.82) is 0 Å². The summed E-state index contributed by atoms with van der Waals surface area (Å²) in [7, 11) is 0. The lowest BCUT2D eigenvalue weighted by molar-refractivity contribution is 0.486. The van der Waals surface area contributed by atoms with Gasteiger partial charge in [0.15, 0.2) is 0 Å². The Morgan fingerprint density at radius 1 is 1.69 bits per heavy atom. The fraction of sp³-hybridized carbons (Fsp3) is 0.667. The molecule has 0 saturated carbocycles. The van der Waals surface area contributed by atoms with Crippen molar-refractivity contribution in [2.45, 2.75) is 19.9 Å². The largest absolute Gasteiger partial charge is 0.359 e. The number of hydrogen-bond acceptors (Lipinski definition) is 4. The monoisotopic (exact) mass is 197 g/mol. The van der Waals surface area contributed by atoms with E-state index in [-0.39, 0.29) is 0 Å². The van der Waals surface area contributed by atoms with Gasteiger partial charge in [-0.1, -0.05) is 0 Å². The molecule has 1 N–H and O–H groups in total. The van der Waals surface area contributed by atoms with E-state index < -0.39 is 0 Å². The van der Waals surface area contributed by atoms with E-state index in [9.17, 15) is 0 Å². The van der Waals surface area contributed by atoms with Gasteiger partial charge >= 0.3 is 0 Å². The quantitative estimate of drug-likeness (QED) is 0.734. The third-order valence-electron chi connectivity index (χ3n) is 2.30. The van der Waals surface area contributed by atoms with Crippen LogP contribution in [0, 0.1) is 6.92 Å². The minimum Gasteiger partial charge on any atom is -0.359 e. The zero-order chi connectivity index (χ0) is 9.26. The van der Waals surface area contributed by atoms with Gasteiger partial charge in [-0.15, -0.1) is 0 Å². The zero-order valence-electron chi connectivity index (χ0n) is 8.08. The molecule has 2 rings (SSSR count). The Balaban J connectivity index is 2.08. The van der Waals surface area contributed by atoms with Crippen LogP contribution in [0.3, 0.4) is 0 Å². The number of hydrogen-bond donors (Lipinski definition) is 1. The van der Waals surface area contributed by atoms with Crippen LogP contribution < -0.4 is 10.2 Å². The van der Waals surface area contributed by atoms with Crippen molar-refractivity contribution < 1.29 is 0 Å². The molecule has 1 aliphatic heterocycles. The Morgan fingerprint density at radius 3 is 3.15 bits per heavy atom. The maximum absolute atomic E-state index is 4.30. The van der Waals surface area contributed by atoms with Gasteiger partial charge in [0.2, 0.25) is 0 Å². The van der Waals surface area contributed by atoms with E-state index in [1.165, 1.54) is 5.00 Å². The maximum Gasteiger partial charge on any atom is 0.112 e. The second-order valence-electron chi connectivity index (χ2n) is 3.61. The molecule has 1 aliphatic rings. The van der Waals surface area contributed by atoms with Gasteiger partial charge < -0.3 is 10.2 Å². The highest BCUT2D eigenvalue weighted by molar-refractivity contribution is 7.10. The minimum absolute atomic E-state index is 0.594. The summed E-state index contributed by atoms with van der Waals surface area (Å²) in [6, 6.07) is 2.76. The van der Waals surface area contributed by atoms with Crippen LogP contribution in [0.15, 0.2) is 6.07 Å². The number of anilines is 1. The van der Waals surface area contributed by atoms with E-state index in [0.29, 0.717) is 6.04 Å². The highest BCUT2D eigenvalue weighted by Gasteiger charge is 2.17. The summed E-state index contributed by atoms with van der Waals surface area (Å²) in [5.41, 5.74) is 1.13. The molecule has 0 aromatic carbocycles. The average Bonchev–Trinajstić information content (AvgIpc) is 2.52. The molecule has 1 unspecified atom stereocenters. The van der Waals surface area contributed by atoms with Crippen molar-refractivity contribution in [1.82, 2.24) is 9.69 Å². The van der Waals surface area contributed by atoms with Crippen LogP contribution in [0.4, 0.5) is 5.00 Å². The molecule has 0 spiro atoms. The molecule has 3 nitrogen and oxygen atoms in total. The van der Waals surface area contributed by atoms with Crippen LogP contribution in [0.25, 0.3) is 0 Å². The van der Waals surface area contributed by atoms with Gasteiger partial charge in [0, 0.05) is 25.7 Å². The highest BCUT2D eigenvalue weighted by atomic mass is 32.1. The maximum atomic E-state index is 4.30. The van der Waals surface area contributed by atoms with Gasteiger partial charge in [-0.25, -0.2) is 0 Å². The second-order valence-corrected chi connectivity index (χ2v) is 4.39. The zero-order valence-corrected chi connectivity index (χ0v) is 8.90. The van der Waals surface area contributed by atoms with Gasteiger partial charge in [-0.3, -0.25) is 0 Å². The number of rotatable bonds is 1. The number of nitrogens with zero attached hydrogens (tertiary/aromatic N) is 2. The summed E-state index contributed by atoms with van der Waals surface area (Å²) in [5.74, 6) is 0. The van der Waals surface area contributed by atoms with E-state index in [0.717, 1.165) is 25.3 Å². The fourth-order valence-electron chi connectivity index (χ4n) is 1.63. The molecule has 4 heteroatoms. The van der Waals surface area contributed by atoms with Crippen LogP contribution in [-0.4, -0.2) is 30.0 Å². The molecule has 0 amide bonds. The first kappa shape index (κ1) is 8.97. The third kappa shape index (κ3) is 2.00. The Kier molecular flexibility index (Phi) is 2.51. The molecule has 1 aromatic heterocycles. The van der Waals surface area contributed by atoms with Crippen molar-refractivity contribution in [3.05, 3.63) is 11.8 Å². The van der Waals surface area contributed by atoms with E-state index in [1.54, 1.807) is 11.5 Å². The van der Waals surface area contributed by atoms with Crippen molar-refractivity contribution in [2.75, 3.05) is 24.5 Å². The number of aryl methyl sites for hydroxylation is 1. The molecule has 72 valence electrons. The molecule has 1 fully saturated rings. The van der Waals surface area contributed by atoms with Gasteiger partial charge in [-0.2, -0.15) is 4.37 Å². The normalized spacial score (nSPS) is 23.5. The van der Waals surface area contributed by atoms with Gasteiger partial charge in [-0.05, 0) is 31.4 Å². The van der Waals surface area contributed by atoms with Crippen LogP contribution in [-0.2, 0) is 0 Å². The minimum atomic E-state index is 0.594. The predicted octanol–water partition coefficient (Wildman–Crippen LogP) is 1.25. The lowest BCUT2D eigenvalue weighted by Gasteiger charge is -2.32. The standard InChI is InChI=1S/C9H15N3S/c1-7-5-9(13-11-7)12-4-3-10-8(2)6-12/h5,8,10H,3-4,6H2,1-2H3. The summed E-state index contributed by atoms with van der Waals surface area (Å²) in [6.07, 6.45) is 0. The first-order valence-corrected chi connectivity index (χ1v) is 5.44. The number of aromatic nitrogens is 1. The topological polar surface area (TPSA) is 28.2 Å². The molecule has 0 radical (unpaired) electrons. The highest BCUT2D eigenvalue weighted by Crippen LogP contribution is 2.22. The van der Waals surface area contributed by atoms with Gasteiger partial charge in [0.05, 0.1) is 5.69 Å². The lowest BCUT2D eigenvalue weighted by atomic mass is 10.2. The van der Waals surface area contributed by atoms with E-state index in [1.807, 2.05) is 6.92 Å². The molecule has 13 heavy (non-hydrogen) atoms. The molecule has 2 heterocycles.